The van der Waals surface area contributed by atoms with Crippen molar-refractivity contribution < 1.29 is 25.5 Å². The van der Waals surface area contributed by atoms with E-state index in [1.807, 2.05) is 11.0 Å². The molecule has 0 spiro atoms. The van der Waals surface area contributed by atoms with E-state index in [0.29, 0.717) is 25.1 Å². The summed E-state index contributed by atoms with van der Waals surface area (Å²) in [5.41, 5.74) is 2.24. The number of β-amino-alcohol motifs (C(OH)–C–C–N with tert-alkyl or cyclic N) is 1. The number of benzene rings is 1. The standard InChI is InChI=1S/C14H21NO5/c16-7-10(18)5-9-1-2-13-12(14(9)20)3-4-15(13)6-11(19)8-17/h1-2,10-11,16-20H,3-8H2. The summed E-state index contributed by atoms with van der Waals surface area (Å²) in [6, 6.07) is 3.56. The first-order chi connectivity index (χ1) is 9.56. The van der Waals surface area contributed by atoms with E-state index >= 15 is 0 Å². The van der Waals surface area contributed by atoms with Crippen molar-refractivity contribution in [3.63, 3.8) is 0 Å². The minimum absolute atomic E-state index is 0.149. The zero-order chi connectivity index (χ0) is 14.7. The Bertz CT molecular complexity index is 465. The molecule has 2 atom stereocenters. The third-order valence-corrected chi connectivity index (χ3v) is 3.62. The van der Waals surface area contributed by atoms with Crippen LogP contribution in [0.15, 0.2) is 12.1 Å². The van der Waals surface area contributed by atoms with E-state index < -0.39 is 12.2 Å². The molecular formula is C14H21NO5. The second-order valence-electron chi connectivity index (χ2n) is 5.14. The van der Waals surface area contributed by atoms with Crippen LogP contribution in [-0.4, -0.2) is 64.0 Å². The van der Waals surface area contributed by atoms with E-state index in [1.165, 1.54) is 0 Å². The number of hydrogen-bond acceptors (Lipinski definition) is 6. The molecule has 112 valence electrons. The predicted octanol–water partition coefficient (Wildman–Crippen LogP) is -0.996. The molecule has 0 saturated heterocycles. The van der Waals surface area contributed by atoms with Crippen LogP contribution in [-0.2, 0) is 12.8 Å². The Morgan fingerprint density at radius 1 is 1.10 bits per heavy atom. The summed E-state index contributed by atoms with van der Waals surface area (Å²) >= 11 is 0. The quantitative estimate of drug-likeness (QED) is 0.459. The summed E-state index contributed by atoms with van der Waals surface area (Å²) in [5, 5.41) is 46.9. The van der Waals surface area contributed by atoms with Crippen molar-refractivity contribution in [3.05, 3.63) is 23.3 Å². The predicted molar refractivity (Wildman–Crippen MR) is 73.9 cm³/mol. The first kappa shape index (κ1) is 15.1. The van der Waals surface area contributed by atoms with Gasteiger partial charge in [-0.15, -0.1) is 0 Å². The molecule has 1 aliphatic heterocycles. The molecule has 1 aromatic rings. The van der Waals surface area contributed by atoms with Crippen molar-refractivity contribution in [3.8, 4) is 5.75 Å². The Balaban J connectivity index is 2.18. The number of aromatic hydroxyl groups is 1. The Kier molecular flexibility index (Phi) is 4.82. The van der Waals surface area contributed by atoms with Crippen molar-refractivity contribution in [1.29, 1.82) is 0 Å². The van der Waals surface area contributed by atoms with Gasteiger partial charge in [-0.1, -0.05) is 6.07 Å². The molecule has 1 aliphatic rings. The van der Waals surface area contributed by atoms with E-state index in [4.69, 9.17) is 10.2 Å². The van der Waals surface area contributed by atoms with Gasteiger partial charge in [0.25, 0.3) is 0 Å². The zero-order valence-electron chi connectivity index (χ0n) is 11.2. The van der Waals surface area contributed by atoms with Crippen molar-refractivity contribution in [2.24, 2.45) is 0 Å². The fourth-order valence-electron chi connectivity index (χ4n) is 2.57. The van der Waals surface area contributed by atoms with Gasteiger partial charge in [0, 0.05) is 30.8 Å². The molecule has 2 rings (SSSR count). The normalized spacial score (nSPS) is 17.1. The van der Waals surface area contributed by atoms with E-state index in [1.54, 1.807) is 6.07 Å². The molecule has 20 heavy (non-hydrogen) atoms. The Hall–Kier alpha value is -1.34. The van der Waals surface area contributed by atoms with Crippen LogP contribution in [0.2, 0.25) is 0 Å². The third-order valence-electron chi connectivity index (χ3n) is 3.62. The van der Waals surface area contributed by atoms with Gasteiger partial charge in [0.2, 0.25) is 0 Å². The van der Waals surface area contributed by atoms with Gasteiger partial charge >= 0.3 is 0 Å². The molecule has 1 aromatic carbocycles. The highest BCUT2D eigenvalue weighted by Crippen LogP contribution is 2.37. The van der Waals surface area contributed by atoms with Crippen LogP contribution in [0.3, 0.4) is 0 Å². The molecule has 2 unspecified atom stereocenters. The fraction of sp³-hybridized carbons (Fsp3) is 0.571. The van der Waals surface area contributed by atoms with Gasteiger partial charge in [0.15, 0.2) is 0 Å². The van der Waals surface area contributed by atoms with Gasteiger partial charge in [-0.3, -0.25) is 0 Å². The summed E-state index contributed by atoms with van der Waals surface area (Å²) in [7, 11) is 0. The van der Waals surface area contributed by atoms with Crippen molar-refractivity contribution >= 4 is 5.69 Å². The van der Waals surface area contributed by atoms with E-state index in [-0.39, 0.29) is 25.4 Å². The number of anilines is 1. The average molecular weight is 283 g/mol. The number of nitrogens with zero attached hydrogens (tertiary/aromatic N) is 1. The lowest BCUT2D eigenvalue weighted by atomic mass is 10.0. The highest BCUT2D eigenvalue weighted by Gasteiger charge is 2.25. The van der Waals surface area contributed by atoms with Crippen molar-refractivity contribution in [2.75, 3.05) is 31.2 Å². The summed E-state index contributed by atoms with van der Waals surface area (Å²) in [6.45, 7) is 0.359. The minimum atomic E-state index is -0.882. The second-order valence-corrected chi connectivity index (χ2v) is 5.14. The number of fused-ring (bicyclic) bond motifs is 1. The molecule has 0 aliphatic carbocycles. The Morgan fingerprint density at radius 2 is 1.80 bits per heavy atom. The summed E-state index contributed by atoms with van der Waals surface area (Å²) in [4.78, 5) is 1.92. The van der Waals surface area contributed by atoms with Gasteiger partial charge in [0.05, 0.1) is 25.4 Å². The van der Waals surface area contributed by atoms with Gasteiger partial charge in [0.1, 0.15) is 5.75 Å². The van der Waals surface area contributed by atoms with Crippen LogP contribution in [0.1, 0.15) is 11.1 Å². The maximum Gasteiger partial charge on any atom is 0.124 e. The molecule has 5 N–H and O–H groups in total. The lowest BCUT2D eigenvalue weighted by Crippen LogP contribution is -2.32. The molecule has 0 bridgehead atoms. The molecule has 6 heteroatoms. The van der Waals surface area contributed by atoms with Crippen molar-refractivity contribution in [1.82, 2.24) is 0 Å². The SMILES string of the molecule is OCC(O)Cc1ccc2c(c1O)CCN2CC(O)CO. The van der Waals surface area contributed by atoms with E-state index in [0.717, 1.165) is 11.3 Å². The number of aliphatic hydroxyl groups is 4. The van der Waals surface area contributed by atoms with Crippen LogP contribution in [0.25, 0.3) is 0 Å². The van der Waals surface area contributed by atoms with Crippen molar-refractivity contribution in [2.45, 2.75) is 25.0 Å². The zero-order valence-corrected chi connectivity index (χ0v) is 11.2. The first-order valence-corrected chi connectivity index (χ1v) is 6.73. The van der Waals surface area contributed by atoms with E-state index in [9.17, 15) is 15.3 Å². The van der Waals surface area contributed by atoms with Gasteiger partial charge in [-0.25, -0.2) is 0 Å². The first-order valence-electron chi connectivity index (χ1n) is 6.73. The monoisotopic (exact) mass is 283 g/mol. The smallest absolute Gasteiger partial charge is 0.124 e. The third kappa shape index (κ3) is 3.04. The highest BCUT2D eigenvalue weighted by molar-refractivity contribution is 5.65. The van der Waals surface area contributed by atoms with E-state index in [2.05, 4.69) is 0 Å². The molecule has 0 amide bonds. The summed E-state index contributed by atoms with van der Waals surface area (Å²) in [5.74, 6) is 0.149. The van der Waals surface area contributed by atoms with Gasteiger partial charge in [-0.2, -0.15) is 0 Å². The van der Waals surface area contributed by atoms with Gasteiger partial charge < -0.3 is 30.4 Å². The number of hydrogen-bond donors (Lipinski definition) is 5. The molecule has 0 radical (unpaired) electrons. The maximum absolute atomic E-state index is 10.2. The highest BCUT2D eigenvalue weighted by atomic mass is 16.3. The fourth-order valence-corrected chi connectivity index (χ4v) is 2.57. The Morgan fingerprint density at radius 3 is 2.45 bits per heavy atom. The molecular weight excluding hydrogens is 262 g/mol. The lowest BCUT2D eigenvalue weighted by molar-refractivity contribution is 0.0950. The largest absolute Gasteiger partial charge is 0.507 e. The average Bonchev–Trinajstić information content (AvgIpc) is 2.85. The maximum atomic E-state index is 10.2. The topological polar surface area (TPSA) is 104 Å². The number of phenolic OH excluding ortho intramolecular Hbond substituents is 1. The number of aliphatic hydroxyl groups excluding tert-OH is 4. The minimum Gasteiger partial charge on any atom is -0.507 e. The van der Waals surface area contributed by atoms with Gasteiger partial charge in [-0.05, 0) is 18.1 Å². The number of rotatable bonds is 6. The van der Waals surface area contributed by atoms with Crippen LogP contribution in [0.5, 0.6) is 5.75 Å². The lowest BCUT2D eigenvalue weighted by Gasteiger charge is -2.22. The number of phenols is 1. The van der Waals surface area contributed by atoms with Crippen LogP contribution < -0.4 is 4.90 Å². The van der Waals surface area contributed by atoms with Crippen LogP contribution >= 0.6 is 0 Å². The molecule has 0 aromatic heterocycles. The van der Waals surface area contributed by atoms with Crippen LogP contribution in [0.4, 0.5) is 5.69 Å². The summed E-state index contributed by atoms with van der Waals surface area (Å²) in [6.07, 6.45) is -0.830. The van der Waals surface area contributed by atoms with Crippen LogP contribution in [0, 0.1) is 0 Å². The molecule has 0 saturated carbocycles. The molecule has 1 heterocycles. The molecule has 6 nitrogen and oxygen atoms in total. The second kappa shape index (κ2) is 6.41. The summed E-state index contributed by atoms with van der Waals surface area (Å²) < 4.78 is 0. The Labute approximate surface area is 117 Å². The molecule has 0 fully saturated rings.